The molecule has 0 fully saturated rings. The fourth-order valence-electron chi connectivity index (χ4n) is 2.34. The van der Waals surface area contributed by atoms with Crippen molar-refractivity contribution in [1.82, 2.24) is 10.0 Å². The summed E-state index contributed by atoms with van der Waals surface area (Å²) in [6, 6.07) is 10.00. The summed E-state index contributed by atoms with van der Waals surface area (Å²) in [5.41, 5.74) is 7.18. The average Bonchev–Trinajstić information content (AvgIpc) is 2.90. The third-order valence-corrected chi connectivity index (χ3v) is 3.45. The van der Waals surface area contributed by atoms with Crippen LogP contribution in [-0.2, 0) is 11.4 Å². The molecule has 1 atom stereocenters. The number of nitrogens with two attached hydrogens (primary N) is 1. The first-order chi connectivity index (χ1) is 10.7. The molecule has 1 aromatic heterocycles. The summed E-state index contributed by atoms with van der Waals surface area (Å²) in [4.78, 5) is 9.67. The van der Waals surface area contributed by atoms with Crippen molar-refractivity contribution in [2.45, 2.75) is 12.6 Å². The van der Waals surface area contributed by atoms with E-state index in [1.54, 1.807) is 48.7 Å². The highest BCUT2D eigenvalue weighted by atomic mass is 19.1. The van der Waals surface area contributed by atoms with Crippen LogP contribution in [0.5, 0.6) is 5.88 Å². The number of benzene rings is 1. The van der Waals surface area contributed by atoms with E-state index >= 15 is 0 Å². The van der Waals surface area contributed by atoms with Crippen LogP contribution in [0.25, 0.3) is 0 Å². The lowest BCUT2D eigenvalue weighted by Gasteiger charge is -2.23. The van der Waals surface area contributed by atoms with Gasteiger partial charge >= 0.3 is 0 Å². The number of ether oxygens (including phenoxy) is 1. The summed E-state index contributed by atoms with van der Waals surface area (Å²) in [6.45, 7) is 0.278. The van der Waals surface area contributed by atoms with Gasteiger partial charge < -0.3 is 15.3 Å². The Hall–Kier alpha value is -2.60. The van der Waals surface area contributed by atoms with Crippen molar-refractivity contribution in [3.8, 4) is 5.88 Å². The molecule has 2 heterocycles. The monoisotopic (exact) mass is 301 g/mol. The molecule has 0 aliphatic carbocycles. The first-order valence-electron chi connectivity index (χ1n) is 6.82. The first-order valence-corrected chi connectivity index (χ1v) is 6.82. The van der Waals surface area contributed by atoms with Gasteiger partial charge in [-0.05, 0) is 11.6 Å². The van der Waals surface area contributed by atoms with E-state index in [1.807, 2.05) is 6.07 Å². The van der Waals surface area contributed by atoms with Gasteiger partial charge in [-0.15, -0.1) is 5.06 Å². The Morgan fingerprint density at radius 1 is 1.32 bits per heavy atom. The molecule has 0 saturated heterocycles. The largest absolute Gasteiger partial charge is 0.481 e. The second-order valence-corrected chi connectivity index (χ2v) is 4.91. The summed E-state index contributed by atoms with van der Waals surface area (Å²) in [5, 5.41) is 1.62. The molecule has 0 spiro atoms. The van der Waals surface area contributed by atoms with Crippen LogP contribution in [0, 0.1) is 5.82 Å². The minimum absolute atomic E-state index is 0.224. The van der Waals surface area contributed by atoms with Crippen LogP contribution in [0.4, 0.5) is 4.39 Å². The molecule has 6 heteroatoms. The van der Waals surface area contributed by atoms with Crippen LogP contribution in [0.3, 0.4) is 0 Å². The van der Waals surface area contributed by atoms with Gasteiger partial charge in [0.2, 0.25) is 11.8 Å². The van der Waals surface area contributed by atoms with E-state index in [-0.39, 0.29) is 24.3 Å². The van der Waals surface area contributed by atoms with Crippen LogP contribution in [0.1, 0.15) is 17.2 Å². The third kappa shape index (κ3) is 2.87. The zero-order valence-electron chi connectivity index (χ0n) is 12.1. The average molecular weight is 301 g/mol. The second kappa shape index (κ2) is 6.03. The zero-order chi connectivity index (χ0) is 15.5. The SMILES string of the molecule is COc1ccc(C2C=C(N)ON2Cc2ccccc2F)cn1. The molecule has 0 bridgehead atoms. The van der Waals surface area contributed by atoms with Gasteiger partial charge in [0.1, 0.15) is 5.82 Å². The van der Waals surface area contributed by atoms with E-state index < -0.39 is 0 Å². The number of nitrogens with zero attached hydrogens (tertiary/aromatic N) is 2. The Morgan fingerprint density at radius 3 is 2.82 bits per heavy atom. The normalized spacial score (nSPS) is 17.9. The molecule has 1 aromatic carbocycles. The van der Waals surface area contributed by atoms with Crippen LogP contribution in [0.2, 0.25) is 0 Å². The van der Waals surface area contributed by atoms with E-state index in [0.717, 1.165) is 5.56 Å². The number of rotatable bonds is 4. The topological polar surface area (TPSA) is 60.6 Å². The van der Waals surface area contributed by atoms with Crippen molar-refractivity contribution < 1.29 is 14.0 Å². The fourth-order valence-corrected chi connectivity index (χ4v) is 2.34. The first kappa shape index (κ1) is 14.3. The quantitative estimate of drug-likeness (QED) is 0.940. The number of hydrogen-bond acceptors (Lipinski definition) is 5. The lowest BCUT2D eigenvalue weighted by atomic mass is 10.1. The Labute approximate surface area is 127 Å². The molecule has 2 aromatic rings. The molecule has 0 saturated carbocycles. The molecule has 0 amide bonds. The van der Waals surface area contributed by atoms with Gasteiger partial charge in [-0.1, -0.05) is 24.3 Å². The molecule has 114 valence electrons. The third-order valence-electron chi connectivity index (χ3n) is 3.45. The Morgan fingerprint density at radius 2 is 2.14 bits per heavy atom. The summed E-state index contributed by atoms with van der Waals surface area (Å²) < 4.78 is 18.9. The highest BCUT2D eigenvalue weighted by Crippen LogP contribution is 2.31. The molecule has 5 nitrogen and oxygen atoms in total. The lowest BCUT2D eigenvalue weighted by Crippen LogP contribution is -2.23. The number of pyridine rings is 1. The van der Waals surface area contributed by atoms with Gasteiger partial charge in [0.15, 0.2) is 0 Å². The van der Waals surface area contributed by atoms with Gasteiger partial charge in [0.05, 0.1) is 19.7 Å². The van der Waals surface area contributed by atoms with Crippen molar-refractivity contribution in [3.63, 3.8) is 0 Å². The summed E-state index contributed by atoms with van der Waals surface area (Å²) in [7, 11) is 1.56. The van der Waals surface area contributed by atoms with Crippen LogP contribution >= 0.6 is 0 Å². The van der Waals surface area contributed by atoms with Crippen molar-refractivity contribution in [2.75, 3.05) is 7.11 Å². The van der Waals surface area contributed by atoms with Crippen molar-refractivity contribution in [1.29, 1.82) is 0 Å². The number of hydroxylamine groups is 2. The van der Waals surface area contributed by atoms with Gasteiger partial charge in [0.25, 0.3) is 0 Å². The maximum absolute atomic E-state index is 13.8. The van der Waals surface area contributed by atoms with Crippen molar-refractivity contribution in [3.05, 3.63) is 71.5 Å². The predicted octanol–water partition coefficient (Wildman–Crippen LogP) is 2.52. The van der Waals surface area contributed by atoms with Gasteiger partial charge in [-0.2, -0.15) is 0 Å². The minimum atomic E-state index is -0.275. The number of aromatic nitrogens is 1. The highest BCUT2D eigenvalue weighted by Gasteiger charge is 2.28. The van der Waals surface area contributed by atoms with Crippen LogP contribution in [0.15, 0.2) is 54.6 Å². The summed E-state index contributed by atoms with van der Waals surface area (Å²) in [5.74, 6) is 0.542. The number of hydrogen-bond donors (Lipinski definition) is 1. The smallest absolute Gasteiger partial charge is 0.212 e. The molecule has 2 N–H and O–H groups in total. The second-order valence-electron chi connectivity index (χ2n) is 4.91. The molecular weight excluding hydrogens is 285 g/mol. The van der Waals surface area contributed by atoms with Crippen molar-refractivity contribution >= 4 is 0 Å². The number of halogens is 1. The maximum Gasteiger partial charge on any atom is 0.212 e. The van der Waals surface area contributed by atoms with E-state index in [2.05, 4.69) is 4.98 Å². The fraction of sp³-hybridized carbons (Fsp3) is 0.188. The standard InChI is InChI=1S/C16H16FN3O2/c1-21-16-7-6-11(9-19-16)14-8-15(18)22-20(14)10-12-4-2-3-5-13(12)17/h2-9,14H,10,18H2,1H3. The van der Waals surface area contributed by atoms with Crippen LogP contribution in [-0.4, -0.2) is 17.2 Å². The molecule has 0 radical (unpaired) electrons. The van der Waals surface area contributed by atoms with Crippen LogP contribution < -0.4 is 10.5 Å². The number of methoxy groups -OCH3 is 1. The van der Waals surface area contributed by atoms with E-state index in [0.29, 0.717) is 11.4 Å². The molecule has 22 heavy (non-hydrogen) atoms. The van der Waals surface area contributed by atoms with Gasteiger partial charge in [-0.25, -0.2) is 9.37 Å². The van der Waals surface area contributed by atoms with Gasteiger partial charge in [0, 0.05) is 23.9 Å². The lowest BCUT2D eigenvalue weighted by molar-refractivity contribution is -0.128. The van der Waals surface area contributed by atoms with Crippen molar-refractivity contribution in [2.24, 2.45) is 5.73 Å². The van der Waals surface area contributed by atoms with Gasteiger partial charge in [-0.3, -0.25) is 0 Å². The molecule has 3 rings (SSSR count). The Kier molecular flexibility index (Phi) is 3.93. The van der Waals surface area contributed by atoms with E-state index in [4.69, 9.17) is 15.3 Å². The summed E-state index contributed by atoms with van der Waals surface area (Å²) >= 11 is 0. The summed E-state index contributed by atoms with van der Waals surface area (Å²) in [6.07, 6.45) is 3.46. The predicted molar refractivity (Wildman–Crippen MR) is 78.8 cm³/mol. The molecule has 1 unspecified atom stereocenters. The molecular formula is C16H16FN3O2. The maximum atomic E-state index is 13.8. The Bertz CT molecular complexity index is 688. The molecule has 1 aliphatic rings. The minimum Gasteiger partial charge on any atom is -0.481 e. The molecule has 1 aliphatic heterocycles. The Balaban J connectivity index is 1.83. The van der Waals surface area contributed by atoms with E-state index in [9.17, 15) is 4.39 Å². The van der Waals surface area contributed by atoms with E-state index in [1.165, 1.54) is 6.07 Å². The zero-order valence-corrected chi connectivity index (χ0v) is 12.1. The highest BCUT2D eigenvalue weighted by molar-refractivity contribution is 5.26.